The molecule has 208 valence electrons. The Balaban J connectivity index is 1.95. The van der Waals surface area contributed by atoms with Gasteiger partial charge in [-0.2, -0.15) is 0 Å². The Morgan fingerprint density at radius 1 is 0.825 bits per heavy atom. The Morgan fingerprint density at radius 3 is 2.02 bits per heavy atom. The normalized spacial score (nSPS) is 16.9. The molecular weight excluding hydrogens is 504 g/mol. The Bertz CT molecular complexity index is 1740. The van der Waals surface area contributed by atoms with E-state index in [-0.39, 0.29) is 23.8 Å². The van der Waals surface area contributed by atoms with Gasteiger partial charge in [0.25, 0.3) is 0 Å². The number of hydrogen-bond donors (Lipinski definition) is 4. The van der Waals surface area contributed by atoms with E-state index >= 15 is 0 Å². The van der Waals surface area contributed by atoms with Crippen molar-refractivity contribution in [3.63, 3.8) is 0 Å². The number of nitrogens with zero attached hydrogens (tertiary/aromatic N) is 2. The van der Waals surface area contributed by atoms with Gasteiger partial charge in [0.2, 0.25) is 0 Å². The van der Waals surface area contributed by atoms with Crippen LogP contribution in [0.25, 0.3) is 33.2 Å². The molecule has 2 unspecified atom stereocenters. The molecule has 8 heteroatoms. The molecule has 0 fully saturated rings. The second-order valence-corrected chi connectivity index (χ2v) is 10.9. The third-order valence-electron chi connectivity index (χ3n) is 8.61. The zero-order valence-electron chi connectivity index (χ0n) is 23.9. The lowest BCUT2D eigenvalue weighted by Gasteiger charge is -2.12. The van der Waals surface area contributed by atoms with Gasteiger partial charge in [0.1, 0.15) is 0 Å². The van der Waals surface area contributed by atoms with Crippen molar-refractivity contribution in [1.82, 2.24) is 19.9 Å². The van der Waals surface area contributed by atoms with Crippen LogP contribution in [-0.4, -0.2) is 42.1 Å². The largest absolute Gasteiger partial charge is 0.481 e. The monoisotopic (exact) mass is 540 g/mol. The average Bonchev–Trinajstić information content (AvgIpc) is 3.55. The Labute approximate surface area is 233 Å². The van der Waals surface area contributed by atoms with Crippen molar-refractivity contribution >= 4 is 45.2 Å². The number of rotatable bonds is 6. The lowest BCUT2D eigenvalue weighted by molar-refractivity contribution is -0.137. The van der Waals surface area contributed by atoms with Gasteiger partial charge in [-0.3, -0.25) is 9.78 Å². The van der Waals surface area contributed by atoms with Crippen LogP contribution in [0.15, 0.2) is 24.3 Å². The van der Waals surface area contributed by atoms with Crippen LogP contribution in [0, 0.1) is 13.8 Å². The SMILES string of the molecule is CCc1c(C)c2cc3nc(cc4[nH]c(cc5nc(cc1[nH]2)C(C)=C5C(=O)O)c(CCC(=O)O)c4C)C(C)C3CC. The van der Waals surface area contributed by atoms with Crippen molar-refractivity contribution in [2.24, 2.45) is 0 Å². The highest BCUT2D eigenvalue weighted by atomic mass is 16.4. The number of carboxylic acid groups (broad SMARTS) is 2. The molecule has 8 bridgehead atoms. The molecule has 40 heavy (non-hydrogen) atoms. The zero-order valence-corrected chi connectivity index (χ0v) is 23.9. The van der Waals surface area contributed by atoms with E-state index in [1.165, 1.54) is 0 Å². The van der Waals surface area contributed by atoms with Gasteiger partial charge >= 0.3 is 11.9 Å². The van der Waals surface area contributed by atoms with Crippen LogP contribution in [0.5, 0.6) is 0 Å². The highest BCUT2D eigenvalue weighted by Gasteiger charge is 2.28. The van der Waals surface area contributed by atoms with E-state index in [1.54, 1.807) is 13.0 Å². The number of H-pyrrole nitrogens is 2. The molecule has 0 aliphatic carbocycles. The van der Waals surface area contributed by atoms with Crippen LogP contribution in [-0.2, 0) is 22.4 Å². The van der Waals surface area contributed by atoms with Crippen LogP contribution in [0.1, 0.15) is 97.4 Å². The van der Waals surface area contributed by atoms with E-state index in [0.29, 0.717) is 28.9 Å². The van der Waals surface area contributed by atoms with Gasteiger partial charge in [-0.05, 0) is 92.1 Å². The van der Waals surface area contributed by atoms with Crippen molar-refractivity contribution in [3.8, 4) is 0 Å². The second kappa shape index (κ2) is 10.4. The summed E-state index contributed by atoms with van der Waals surface area (Å²) in [6, 6.07) is 7.89. The molecule has 0 aromatic carbocycles. The van der Waals surface area contributed by atoms with Crippen molar-refractivity contribution in [2.45, 2.75) is 79.1 Å². The number of aliphatic carboxylic acids is 2. The van der Waals surface area contributed by atoms with Gasteiger partial charge in [-0.1, -0.05) is 20.8 Å². The minimum atomic E-state index is -1.05. The van der Waals surface area contributed by atoms with Gasteiger partial charge in [0.05, 0.1) is 17.0 Å². The van der Waals surface area contributed by atoms with Crippen LogP contribution in [0.3, 0.4) is 0 Å². The fourth-order valence-corrected chi connectivity index (χ4v) is 6.24. The number of aryl methyl sites for hydroxylation is 4. The third-order valence-corrected chi connectivity index (χ3v) is 8.61. The first-order valence-electron chi connectivity index (χ1n) is 13.9. The fourth-order valence-electron chi connectivity index (χ4n) is 6.24. The zero-order chi connectivity index (χ0) is 28.9. The number of allylic oxidation sites excluding steroid dienone is 1. The predicted molar refractivity (Wildman–Crippen MR) is 157 cm³/mol. The van der Waals surface area contributed by atoms with Crippen molar-refractivity contribution in [3.05, 3.63) is 69.3 Å². The maximum absolute atomic E-state index is 12.4. The van der Waals surface area contributed by atoms with Gasteiger partial charge < -0.3 is 20.2 Å². The van der Waals surface area contributed by atoms with E-state index < -0.39 is 11.9 Å². The maximum Gasteiger partial charge on any atom is 0.338 e. The fraction of sp³-hybridized carbons (Fsp3) is 0.375. The number of aromatic nitrogens is 4. The molecule has 4 N–H and O–H groups in total. The Kier molecular flexibility index (Phi) is 7.12. The molecule has 2 aliphatic heterocycles. The summed E-state index contributed by atoms with van der Waals surface area (Å²) < 4.78 is 0. The van der Waals surface area contributed by atoms with E-state index in [1.807, 2.05) is 13.0 Å². The summed E-state index contributed by atoms with van der Waals surface area (Å²) in [6.07, 6.45) is 2.05. The molecule has 3 aromatic heterocycles. The van der Waals surface area contributed by atoms with Crippen molar-refractivity contribution in [2.75, 3.05) is 0 Å². The number of fused-ring (bicyclic) bond motifs is 8. The smallest absolute Gasteiger partial charge is 0.338 e. The summed E-state index contributed by atoms with van der Waals surface area (Å²) in [5, 5.41) is 19.5. The summed E-state index contributed by atoms with van der Waals surface area (Å²) in [4.78, 5) is 40.8. The van der Waals surface area contributed by atoms with E-state index in [9.17, 15) is 19.8 Å². The molecule has 8 nitrogen and oxygen atoms in total. The number of nitrogens with one attached hydrogen (secondary N) is 2. The van der Waals surface area contributed by atoms with Gasteiger partial charge in [0, 0.05) is 51.7 Å². The van der Waals surface area contributed by atoms with Crippen LogP contribution in [0.4, 0.5) is 0 Å². The number of aromatic amines is 2. The van der Waals surface area contributed by atoms with Crippen molar-refractivity contribution in [1.29, 1.82) is 0 Å². The summed E-state index contributed by atoms with van der Waals surface area (Å²) in [5.41, 5.74) is 11.2. The molecule has 0 spiro atoms. The van der Waals surface area contributed by atoms with E-state index in [2.05, 4.69) is 49.8 Å². The minimum Gasteiger partial charge on any atom is -0.481 e. The first-order chi connectivity index (χ1) is 19.0. The lowest BCUT2D eigenvalue weighted by Crippen LogP contribution is -2.00. The number of hydrogen-bond acceptors (Lipinski definition) is 4. The maximum atomic E-state index is 12.4. The molecule has 2 aliphatic rings. The molecule has 0 radical (unpaired) electrons. The average molecular weight is 541 g/mol. The first kappa shape index (κ1) is 27.4. The van der Waals surface area contributed by atoms with Gasteiger partial charge in [-0.15, -0.1) is 0 Å². The number of carboxylic acids is 2. The van der Waals surface area contributed by atoms with Gasteiger partial charge in [0.15, 0.2) is 0 Å². The Morgan fingerprint density at radius 2 is 1.43 bits per heavy atom. The van der Waals surface area contributed by atoms with E-state index in [0.717, 1.165) is 63.0 Å². The second-order valence-electron chi connectivity index (χ2n) is 10.9. The molecule has 5 rings (SSSR count). The minimum absolute atomic E-state index is 0.0342. The summed E-state index contributed by atoms with van der Waals surface area (Å²) >= 11 is 0. The molecule has 3 aromatic rings. The summed E-state index contributed by atoms with van der Waals surface area (Å²) in [5.74, 6) is -1.46. The number of carbonyl (C=O) groups is 2. The predicted octanol–water partition coefficient (Wildman–Crippen LogP) is 6.82. The van der Waals surface area contributed by atoms with Gasteiger partial charge in [-0.25, -0.2) is 9.78 Å². The highest BCUT2D eigenvalue weighted by molar-refractivity contribution is 6.24. The lowest BCUT2D eigenvalue weighted by atomic mass is 9.89. The molecule has 2 atom stereocenters. The van der Waals surface area contributed by atoms with Crippen molar-refractivity contribution < 1.29 is 19.8 Å². The molecular formula is C32H36N4O4. The summed E-state index contributed by atoms with van der Waals surface area (Å²) in [7, 11) is 0. The highest BCUT2D eigenvalue weighted by Crippen LogP contribution is 2.39. The van der Waals surface area contributed by atoms with Crippen LogP contribution < -0.4 is 0 Å². The standard InChI is InChI=1S/C32H36N4O4/c1-7-19-15(3)22-11-23-17(5)21(9-10-30(37)38)28(35-23)14-29-31(32(39)40)18(6)25(36-29)13-27-20(8-2)16(4)24(34-27)12-26(19)33-22/h11-15,19,34-35H,7-10H2,1-6H3,(H,37,38)(H,39,40). The molecule has 5 heterocycles. The Hall–Kier alpha value is -4.20. The quantitative estimate of drug-likeness (QED) is 0.271. The molecule has 0 saturated carbocycles. The van der Waals surface area contributed by atoms with E-state index in [4.69, 9.17) is 9.97 Å². The third kappa shape index (κ3) is 4.61. The topological polar surface area (TPSA) is 132 Å². The summed E-state index contributed by atoms with van der Waals surface area (Å²) in [6.45, 7) is 12.4. The van der Waals surface area contributed by atoms with Crippen LogP contribution >= 0.6 is 0 Å². The first-order valence-corrected chi connectivity index (χ1v) is 13.9. The molecule has 0 saturated heterocycles. The molecule has 0 amide bonds. The van der Waals surface area contributed by atoms with Crippen LogP contribution in [0.2, 0.25) is 0 Å².